The van der Waals surface area contributed by atoms with Crippen molar-refractivity contribution in [3.63, 3.8) is 0 Å². The third-order valence-corrected chi connectivity index (χ3v) is 5.02. The van der Waals surface area contributed by atoms with E-state index in [1.165, 1.54) is 0 Å². The average Bonchev–Trinajstić information content (AvgIpc) is 3.33. The highest BCUT2D eigenvalue weighted by Crippen LogP contribution is 2.33. The van der Waals surface area contributed by atoms with Crippen molar-refractivity contribution in [2.24, 2.45) is 0 Å². The summed E-state index contributed by atoms with van der Waals surface area (Å²) in [5, 5.41) is 4.12. The van der Waals surface area contributed by atoms with Gasteiger partial charge < -0.3 is 14.2 Å². The number of aryl methyl sites for hydroxylation is 2. The van der Waals surface area contributed by atoms with Crippen molar-refractivity contribution in [2.45, 2.75) is 39.5 Å². The second-order valence-corrected chi connectivity index (χ2v) is 7.58. The summed E-state index contributed by atoms with van der Waals surface area (Å²) < 4.78 is 11.1. The molecule has 0 aliphatic carbocycles. The molecule has 29 heavy (non-hydrogen) atoms. The van der Waals surface area contributed by atoms with E-state index in [9.17, 15) is 4.79 Å². The van der Waals surface area contributed by atoms with Gasteiger partial charge in [0.05, 0.1) is 12.5 Å². The molecule has 2 aromatic carbocycles. The molecule has 1 aliphatic heterocycles. The van der Waals surface area contributed by atoms with Crippen LogP contribution in [0.15, 0.2) is 47.0 Å². The van der Waals surface area contributed by atoms with E-state index in [1.54, 1.807) is 0 Å². The number of hydrogen-bond acceptors (Lipinski definition) is 5. The van der Waals surface area contributed by atoms with Crippen LogP contribution in [-0.4, -0.2) is 29.2 Å². The fourth-order valence-corrected chi connectivity index (χ4v) is 3.67. The Morgan fingerprint density at radius 2 is 1.86 bits per heavy atom. The predicted octanol–water partition coefficient (Wildman–Crippen LogP) is 4.66. The molecule has 6 nitrogen and oxygen atoms in total. The number of hydrogen-bond donors (Lipinski definition) is 0. The molecule has 0 saturated carbocycles. The summed E-state index contributed by atoms with van der Waals surface area (Å²) in [5.41, 5.74) is 4.07. The maximum absolute atomic E-state index is 12.6. The van der Waals surface area contributed by atoms with E-state index in [-0.39, 0.29) is 11.8 Å². The molecule has 4 rings (SSSR count). The van der Waals surface area contributed by atoms with Crippen molar-refractivity contribution in [2.75, 3.05) is 18.1 Å². The lowest BCUT2D eigenvalue weighted by molar-refractivity contribution is -0.117. The Morgan fingerprint density at radius 1 is 1.14 bits per heavy atom. The summed E-state index contributed by atoms with van der Waals surface area (Å²) in [7, 11) is 0. The fourth-order valence-electron chi connectivity index (χ4n) is 3.67. The molecule has 0 spiro atoms. The van der Waals surface area contributed by atoms with Crippen molar-refractivity contribution >= 4 is 11.6 Å². The lowest BCUT2D eigenvalue weighted by Crippen LogP contribution is -2.24. The lowest BCUT2D eigenvalue weighted by Gasteiger charge is -2.17. The molecular formula is C23H25N3O3. The summed E-state index contributed by atoms with van der Waals surface area (Å²) in [4.78, 5) is 19.0. The molecule has 0 bridgehead atoms. The Bertz CT molecular complexity index is 990. The number of aromatic nitrogens is 2. The minimum Gasteiger partial charge on any atom is -0.494 e. The summed E-state index contributed by atoms with van der Waals surface area (Å²) in [6.07, 6.45) is 1.34. The molecule has 1 atom stereocenters. The molecule has 150 valence electrons. The number of rotatable bonds is 6. The van der Waals surface area contributed by atoms with E-state index < -0.39 is 0 Å². The Kier molecular flexibility index (Phi) is 5.34. The highest BCUT2D eigenvalue weighted by molar-refractivity contribution is 5.96. The first kappa shape index (κ1) is 19.2. The van der Waals surface area contributed by atoms with Gasteiger partial charge in [0, 0.05) is 24.2 Å². The molecule has 0 radical (unpaired) electrons. The average molecular weight is 391 g/mol. The molecule has 1 aliphatic rings. The van der Waals surface area contributed by atoms with Gasteiger partial charge in [-0.2, -0.15) is 4.98 Å². The summed E-state index contributed by atoms with van der Waals surface area (Å²) >= 11 is 0. The van der Waals surface area contributed by atoms with Crippen LogP contribution in [0.5, 0.6) is 5.75 Å². The van der Waals surface area contributed by atoms with Crippen LogP contribution >= 0.6 is 0 Å². The number of amides is 1. The van der Waals surface area contributed by atoms with Crippen LogP contribution < -0.4 is 9.64 Å². The maximum atomic E-state index is 12.6. The SMILES string of the molecule is CCCOc1ccc(-c2noc(C3CC(=O)N(c4cc(C)cc(C)c4)C3)n2)cc1. The molecule has 6 heteroatoms. The highest BCUT2D eigenvalue weighted by atomic mass is 16.5. The van der Waals surface area contributed by atoms with Crippen molar-refractivity contribution in [1.82, 2.24) is 10.1 Å². The first-order valence-electron chi connectivity index (χ1n) is 9.99. The monoisotopic (exact) mass is 391 g/mol. The van der Waals surface area contributed by atoms with Gasteiger partial charge in [0.1, 0.15) is 5.75 Å². The van der Waals surface area contributed by atoms with Gasteiger partial charge in [0.15, 0.2) is 0 Å². The zero-order valence-corrected chi connectivity index (χ0v) is 17.0. The largest absolute Gasteiger partial charge is 0.494 e. The van der Waals surface area contributed by atoms with E-state index >= 15 is 0 Å². The zero-order chi connectivity index (χ0) is 20.4. The Labute approximate surface area is 170 Å². The fraction of sp³-hybridized carbons (Fsp3) is 0.348. The Morgan fingerprint density at radius 3 is 2.55 bits per heavy atom. The minimum atomic E-state index is -0.100. The van der Waals surface area contributed by atoms with Crippen LogP contribution in [0, 0.1) is 13.8 Å². The standard InChI is InChI=1S/C23H25N3O3/c1-4-9-28-20-7-5-17(6-8-20)22-24-23(29-25-22)18-13-21(27)26(14-18)19-11-15(2)10-16(3)12-19/h5-8,10-12,18H,4,9,13-14H2,1-3H3. The van der Waals surface area contributed by atoms with Gasteiger partial charge >= 0.3 is 0 Å². The molecule has 1 saturated heterocycles. The van der Waals surface area contributed by atoms with Crippen molar-refractivity contribution < 1.29 is 14.1 Å². The van der Waals surface area contributed by atoms with Crippen molar-refractivity contribution in [3.8, 4) is 17.1 Å². The summed E-state index contributed by atoms with van der Waals surface area (Å²) in [5.74, 6) is 1.84. The lowest BCUT2D eigenvalue weighted by atomic mass is 10.1. The maximum Gasteiger partial charge on any atom is 0.232 e. The number of anilines is 1. The van der Waals surface area contributed by atoms with Crippen molar-refractivity contribution in [3.05, 3.63) is 59.5 Å². The quantitative estimate of drug-likeness (QED) is 0.611. The Balaban J connectivity index is 1.49. The number of carbonyl (C=O) groups excluding carboxylic acids is 1. The number of carbonyl (C=O) groups is 1. The van der Waals surface area contributed by atoms with Crippen LogP contribution in [-0.2, 0) is 4.79 Å². The van der Waals surface area contributed by atoms with Gasteiger partial charge in [-0.1, -0.05) is 18.1 Å². The van der Waals surface area contributed by atoms with Crippen molar-refractivity contribution in [1.29, 1.82) is 0 Å². The zero-order valence-electron chi connectivity index (χ0n) is 17.0. The number of ether oxygens (including phenoxy) is 1. The van der Waals surface area contributed by atoms with Gasteiger partial charge in [-0.3, -0.25) is 4.79 Å². The van der Waals surface area contributed by atoms with E-state index in [0.29, 0.717) is 31.3 Å². The smallest absolute Gasteiger partial charge is 0.232 e. The molecule has 1 unspecified atom stereocenters. The number of benzene rings is 2. The summed E-state index contributed by atoms with van der Waals surface area (Å²) in [6, 6.07) is 13.8. The van der Waals surface area contributed by atoms with E-state index in [0.717, 1.165) is 34.5 Å². The van der Waals surface area contributed by atoms with E-state index in [1.807, 2.05) is 55.1 Å². The molecule has 0 N–H and O–H groups in total. The van der Waals surface area contributed by atoms with Gasteiger partial charge in [0.2, 0.25) is 17.6 Å². The summed E-state index contributed by atoms with van der Waals surface area (Å²) in [6.45, 7) is 7.39. The van der Waals surface area contributed by atoms with Crippen LogP contribution in [0.2, 0.25) is 0 Å². The van der Waals surface area contributed by atoms with E-state index in [4.69, 9.17) is 9.26 Å². The third kappa shape index (κ3) is 4.16. The third-order valence-electron chi connectivity index (χ3n) is 5.02. The van der Waals surface area contributed by atoms with Crippen LogP contribution in [0.1, 0.15) is 42.7 Å². The van der Waals surface area contributed by atoms with Crippen LogP contribution in [0.4, 0.5) is 5.69 Å². The molecule has 2 heterocycles. The van der Waals surface area contributed by atoms with Crippen LogP contribution in [0.25, 0.3) is 11.4 Å². The van der Waals surface area contributed by atoms with Gasteiger partial charge in [-0.15, -0.1) is 0 Å². The molecule has 1 amide bonds. The first-order valence-corrected chi connectivity index (χ1v) is 9.99. The van der Waals surface area contributed by atoms with Gasteiger partial charge in [0.25, 0.3) is 0 Å². The first-order chi connectivity index (χ1) is 14.0. The topological polar surface area (TPSA) is 68.5 Å². The van der Waals surface area contributed by atoms with Crippen LogP contribution in [0.3, 0.4) is 0 Å². The minimum absolute atomic E-state index is 0.0807. The molecule has 1 fully saturated rings. The van der Waals surface area contributed by atoms with Gasteiger partial charge in [-0.05, 0) is 67.8 Å². The normalized spacial score (nSPS) is 16.4. The second kappa shape index (κ2) is 8.07. The Hall–Kier alpha value is -3.15. The van der Waals surface area contributed by atoms with Gasteiger partial charge in [-0.25, -0.2) is 0 Å². The van der Waals surface area contributed by atoms with E-state index in [2.05, 4.69) is 23.1 Å². The molecular weight excluding hydrogens is 366 g/mol. The predicted molar refractivity (Wildman–Crippen MR) is 111 cm³/mol. The number of nitrogens with zero attached hydrogens (tertiary/aromatic N) is 3. The molecule has 1 aromatic heterocycles. The second-order valence-electron chi connectivity index (χ2n) is 7.58. The molecule has 3 aromatic rings. The highest BCUT2D eigenvalue weighted by Gasteiger charge is 2.35.